The van der Waals surface area contributed by atoms with Crippen molar-refractivity contribution in [1.29, 1.82) is 0 Å². The molecule has 41 heavy (non-hydrogen) atoms. The smallest absolute Gasteiger partial charge is 0.405 e. The normalized spacial score (nSPS) is 27.7. The van der Waals surface area contributed by atoms with E-state index in [-0.39, 0.29) is 41.0 Å². The van der Waals surface area contributed by atoms with E-state index in [0.717, 1.165) is 11.6 Å². The molecule has 1 heterocycles. The van der Waals surface area contributed by atoms with Gasteiger partial charge in [-0.3, -0.25) is 14.4 Å². The second-order valence-electron chi connectivity index (χ2n) is 9.32. The van der Waals surface area contributed by atoms with E-state index in [4.69, 9.17) is 25.7 Å². The maximum Gasteiger partial charge on any atom is 0.405 e. The Morgan fingerprint density at radius 2 is 1.68 bits per heavy atom. The zero-order chi connectivity index (χ0) is 31.7. The van der Waals surface area contributed by atoms with Crippen LogP contribution in [0.5, 0.6) is 0 Å². The van der Waals surface area contributed by atoms with Crippen molar-refractivity contribution in [2.75, 3.05) is 14.2 Å². The fourth-order valence-corrected chi connectivity index (χ4v) is 4.28. The van der Waals surface area contributed by atoms with Crippen molar-refractivity contribution >= 4 is 23.6 Å². The van der Waals surface area contributed by atoms with E-state index in [1.54, 1.807) is 26.2 Å². The third-order valence-corrected chi connectivity index (χ3v) is 6.41. The van der Waals surface area contributed by atoms with Gasteiger partial charge in [-0.25, -0.2) is 4.79 Å². The summed E-state index contributed by atoms with van der Waals surface area (Å²) in [7, 11) is 3.08. The highest BCUT2D eigenvalue weighted by molar-refractivity contribution is 6.23. The molecule has 0 aromatic heterocycles. The molecule has 0 fully saturated rings. The Hall–Kier alpha value is -3.50. The first-order valence-corrected chi connectivity index (χ1v) is 14.1. The number of Topliss-reactive ketones (excluding diaryl/α,β-unsaturated/α-hetero) is 1. The molecule has 0 aromatic rings. The van der Waals surface area contributed by atoms with Crippen LogP contribution in [-0.4, -0.2) is 56.1 Å². The monoisotopic (exact) mass is 575 g/mol. The van der Waals surface area contributed by atoms with Gasteiger partial charge in [-0.1, -0.05) is 58.9 Å². The number of methoxy groups -OCH3 is 2. The Morgan fingerprint density at radius 3 is 2.24 bits per heavy atom. The number of hydrogen-bond acceptors (Lipinski definition) is 8. The van der Waals surface area contributed by atoms with Gasteiger partial charge < -0.3 is 31.0 Å². The molecule has 10 heteroatoms. The van der Waals surface area contributed by atoms with Crippen LogP contribution in [0, 0.1) is 5.92 Å². The third kappa shape index (κ3) is 11.9. The highest BCUT2D eigenvalue weighted by Gasteiger charge is 2.30. The van der Waals surface area contributed by atoms with Gasteiger partial charge in [0.1, 0.15) is 6.10 Å². The first-order valence-electron chi connectivity index (χ1n) is 14.1. The summed E-state index contributed by atoms with van der Waals surface area (Å²) in [6.45, 7) is 13.3. The van der Waals surface area contributed by atoms with Gasteiger partial charge in [0.05, 0.1) is 17.5 Å². The number of allylic oxidation sites excluding steroid dienone is 5. The van der Waals surface area contributed by atoms with Crippen molar-refractivity contribution in [2.45, 2.75) is 92.5 Å². The molecular formula is C31H49N3O7. The molecular weight excluding hydrogens is 526 g/mol. The number of hydrogen-bond donors (Lipinski definition) is 3. The van der Waals surface area contributed by atoms with Gasteiger partial charge in [-0.05, 0) is 51.0 Å². The molecule has 4 atom stereocenters. The molecule has 2 bridgehead atoms. The maximum atomic E-state index is 13.1. The summed E-state index contributed by atoms with van der Waals surface area (Å²) in [6.07, 6.45) is 7.37. The number of amides is 2. The Bertz CT molecular complexity index is 1070. The van der Waals surface area contributed by atoms with Crippen LogP contribution in [0.1, 0.15) is 74.1 Å². The number of nitrogens with two attached hydrogens (primary N) is 2. The minimum absolute atomic E-state index is 0.0351. The Labute approximate surface area is 244 Å². The third-order valence-electron chi connectivity index (χ3n) is 6.41. The summed E-state index contributed by atoms with van der Waals surface area (Å²) in [6, 6.07) is 0. The largest absolute Gasteiger partial charge is 0.439 e. The lowest BCUT2D eigenvalue weighted by Gasteiger charge is -2.24. The van der Waals surface area contributed by atoms with E-state index in [9.17, 15) is 19.2 Å². The van der Waals surface area contributed by atoms with Gasteiger partial charge >= 0.3 is 6.09 Å². The summed E-state index contributed by atoms with van der Waals surface area (Å²) in [5.41, 5.74) is 12.3. The van der Waals surface area contributed by atoms with Crippen LogP contribution in [0.4, 0.5) is 4.79 Å². The van der Waals surface area contributed by atoms with Crippen LogP contribution in [0.15, 0.2) is 58.5 Å². The molecule has 0 saturated heterocycles. The van der Waals surface area contributed by atoms with Crippen molar-refractivity contribution in [2.24, 2.45) is 17.4 Å². The topological polar surface area (TPSA) is 160 Å². The SMILES string of the molecule is CC.CC.CO[C@@H]1CC/C=C(\C)[C@H](OC(N)=O)[C@@H](OC)/C=C\C=C(/C)C(=O)NC2=CC(=O)C(N)=C(CC(C)C1)C2=O. The maximum absolute atomic E-state index is 13.1. The van der Waals surface area contributed by atoms with Gasteiger partial charge in [0.25, 0.3) is 5.91 Å². The predicted molar refractivity (Wildman–Crippen MR) is 160 cm³/mol. The Morgan fingerprint density at radius 1 is 1.05 bits per heavy atom. The van der Waals surface area contributed by atoms with Crippen molar-refractivity contribution in [1.82, 2.24) is 5.32 Å². The lowest BCUT2D eigenvalue weighted by molar-refractivity contribution is -0.120. The minimum Gasteiger partial charge on any atom is -0.439 e. The molecule has 5 N–H and O–H groups in total. The number of ketones is 2. The number of rotatable bonds is 3. The minimum atomic E-state index is -0.937. The average Bonchev–Trinajstić information content (AvgIpc) is 2.96. The molecule has 0 spiro atoms. The number of primary amides is 1. The molecule has 1 aliphatic heterocycles. The molecule has 2 aliphatic rings. The average molecular weight is 576 g/mol. The number of carbonyl (C=O) groups is 4. The highest BCUT2D eigenvalue weighted by atomic mass is 16.6. The lowest BCUT2D eigenvalue weighted by Crippen LogP contribution is -2.34. The predicted octanol–water partition coefficient (Wildman–Crippen LogP) is 4.56. The zero-order valence-corrected chi connectivity index (χ0v) is 26.0. The van der Waals surface area contributed by atoms with E-state index < -0.39 is 35.8 Å². The van der Waals surface area contributed by atoms with E-state index in [2.05, 4.69) is 5.32 Å². The van der Waals surface area contributed by atoms with Crippen LogP contribution in [0.3, 0.4) is 0 Å². The molecule has 10 nitrogen and oxygen atoms in total. The number of fused-ring (bicyclic) bond motifs is 2. The first kappa shape index (κ1) is 37.5. The molecule has 0 aromatic carbocycles. The molecule has 0 saturated carbocycles. The molecule has 0 radical (unpaired) electrons. The zero-order valence-electron chi connectivity index (χ0n) is 26.0. The first-order chi connectivity index (χ1) is 19.5. The van der Waals surface area contributed by atoms with Crippen molar-refractivity contribution in [3.8, 4) is 0 Å². The summed E-state index contributed by atoms with van der Waals surface area (Å²) >= 11 is 0. The number of ether oxygens (including phenoxy) is 3. The fourth-order valence-electron chi connectivity index (χ4n) is 4.28. The quantitative estimate of drug-likeness (QED) is 0.326. The number of nitrogens with one attached hydrogen (secondary N) is 1. The summed E-state index contributed by atoms with van der Waals surface area (Å²) in [5.74, 6) is -1.59. The Balaban J connectivity index is 0.00000382. The fraction of sp³-hybridized carbons (Fsp3) is 0.548. The van der Waals surface area contributed by atoms with Crippen LogP contribution in [0.25, 0.3) is 0 Å². The summed E-state index contributed by atoms with van der Waals surface area (Å²) in [4.78, 5) is 49.9. The van der Waals surface area contributed by atoms with E-state index in [1.165, 1.54) is 13.2 Å². The van der Waals surface area contributed by atoms with Crippen molar-refractivity contribution in [3.05, 3.63) is 58.5 Å². The molecule has 2 amide bonds. The standard InChI is InChI=1S/C27H37N3O7.2C2H6/c1-15-12-18(35-4)10-6-8-16(2)25(37-27(29)34)22(36-5)11-7-9-17(3)26(33)30-20-14-21(31)23(28)19(13-15)24(20)32;2*1-2/h7-9,11,14-15,18,22,25H,6,10,12-13,28H2,1-5H3,(H2,29,34)(H,30,33);2*1-2H3/b11-7-,16-8+,17-9+;;/t15?,18-,22+,25+;;/m1../s1. The van der Waals surface area contributed by atoms with Crippen LogP contribution >= 0.6 is 0 Å². The second kappa shape index (κ2) is 19.6. The van der Waals surface area contributed by atoms with Gasteiger partial charge in [0.15, 0.2) is 6.10 Å². The number of carbonyl (C=O) groups excluding carboxylic acids is 4. The van der Waals surface area contributed by atoms with Gasteiger partial charge in [0, 0.05) is 31.4 Å². The highest BCUT2D eigenvalue weighted by Crippen LogP contribution is 2.26. The van der Waals surface area contributed by atoms with Gasteiger partial charge in [0.2, 0.25) is 11.6 Å². The van der Waals surface area contributed by atoms with Crippen molar-refractivity contribution in [3.63, 3.8) is 0 Å². The molecule has 1 unspecified atom stereocenters. The van der Waals surface area contributed by atoms with Gasteiger partial charge in [-0.2, -0.15) is 0 Å². The van der Waals surface area contributed by atoms with Gasteiger partial charge in [-0.15, -0.1) is 0 Å². The summed E-state index contributed by atoms with van der Waals surface area (Å²) < 4.78 is 16.5. The Kier molecular flexibility index (Phi) is 17.9. The second-order valence-corrected chi connectivity index (χ2v) is 9.32. The van der Waals surface area contributed by atoms with E-state index in [0.29, 0.717) is 19.3 Å². The molecule has 1 aliphatic carbocycles. The van der Waals surface area contributed by atoms with Crippen LogP contribution in [-0.2, 0) is 28.6 Å². The molecule has 2 rings (SSSR count). The van der Waals surface area contributed by atoms with Crippen LogP contribution < -0.4 is 16.8 Å². The lowest BCUT2D eigenvalue weighted by atomic mass is 9.87. The van der Waals surface area contributed by atoms with E-state index in [1.807, 2.05) is 47.6 Å². The summed E-state index contributed by atoms with van der Waals surface area (Å²) in [5, 5.41) is 2.52. The van der Waals surface area contributed by atoms with Crippen LogP contribution in [0.2, 0.25) is 0 Å². The van der Waals surface area contributed by atoms with Crippen molar-refractivity contribution < 1.29 is 33.4 Å². The van der Waals surface area contributed by atoms with E-state index >= 15 is 0 Å². The molecule has 230 valence electrons.